The number of hydrogen-bond acceptors (Lipinski definition) is 4. The van der Waals surface area contributed by atoms with Gasteiger partial charge in [0.05, 0.1) is 5.92 Å². The first-order valence-corrected chi connectivity index (χ1v) is 9.08. The molecule has 6 heteroatoms. The van der Waals surface area contributed by atoms with E-state index in [9.17, 15) is 9.59 Å². The lowest BCUT2D eigenvalue weighted by Gasteiger charge is -2.33. The van der Waals surface area contributed by atoms with E-state index < -0.39 is 0 Å². The molecule has 2 aliphatic rings. The number of amides is 2. The number of rotatable bonds is 6. The van der Waals surface area contributed by atoms with E-state index in [1.165, 1.54) is 12.8 Å². The Hall–Kier alpha value is -1.14. The number of carbonyl (C=O) groups excluding carboxylic acids is 2. The largest absolute Gasteiger partial charge is 0.354 e. The third kappa shape index (κ3) is 6.11. The monoisotopic (exact) mass is 324 g/mol. The molecule has 6 nitrogen and oxygen atoms in total. The molecule has 2 amide bonds. The zero-order valence-electron chi connectivity index (χ0n) is 14.4. The van der Waals surface area contributed by atoms with Crippen LogP contribution in [0.4, 0.5) is 0 Å². The van der Waals surface area contributed by atoms with Gasteiger partial charge in [0.2, 0.25) is 11.8 Å². The van der Waals surface area contributed by atoms with E-state index >= 15 is 0 Å². The SMILES string of the molecule is CC(N)CNC(=O)C1CCCN(C(=O)CCC2CCNCC2)C1. The zero-order chi connectivity index (χ0) is 16.7. The van der Waals surface area contributed by atoms with Crippen LogP contribution in [0.2, 0.25) is 0 Å². The van der Waals surface area contributed by atoms with Gasteiger partial charge in [0.1, 0.15) is 0 Å². The van der Waals surface area contributed by atoms with Crippen LogP contribution in [0.5, 0.6) is 0 Å². The van der Waals surface area contributed by atoms with Crippen molar-refractivity contribution < 1.29 is 9.59 Å². The van der Waals surface area contributed by atoms with Crippen LogP contribution in [-0.2, 0) is 9.59 Å². The van der Waals surface area contributed by atoms with Gasteiger partial charge in [-0.05, 0) is 58.0 Å². The van der Waals surface area contributed by atoms with Crippen LogP contribution in [0.15, 0.2) is 0 Å². The van der Waals surface area contributed by atoms with Crippen molar-refractivity contribution in [2.24, 2.45) is 17.6 Å². The van der Waals surface area contributed by atoms with Crippen molar-refractivity contribution >= 4 is 11.8 Å². The van der Waals surface area contributed by atoms with Gasteiger partial charge in [0.25, 0.3) is 0 Å². The van der Waals surface area contributed by atoms with Gasteiger partial charge in [-0.15, -0.1) is 0 Å². The highest BCUT2D eigenvalue weighted by Crippen LogP contribution is 2.21. The summed E-state index contributed by atoms with van der Waals surface area (Å²) in [5.41, 5.74) is 5.67. The number of likely N-dealkylation sites (tertiary alicyclic amines) is 1. The Kier molecular flexibility index (Phi) is 7.30. The first-order valence-electron chi connectivity index (χ1n) is 9.08. The minimum Gasteiger partial charge on any atom is -0.354 e. The number of nitrogens with two attached hydrogens (primary N) is 1. The van der Waals surface area contributed by atoms with Gasteiger partial charge in [0, 0.05) is 32.1 Å². The first-order chi connectivity index (χ1) is 11.1. The fourth-order valence-electron chi connectivity index (χ4n) is 3.48. The number of carbonyl (C=O) groups is 2. The third-order valence-corrected chi connectivity index (χ3v) is 4.97. The molecule has 4 N–H and O–H groups in total. The summed E-state index contributed by atoms with van der Waals surface area (Å²) in [7, 11) is 0. The van der Waals surface area contributed by atoms with Crippen molar-refractivity contribution in [1.29, 1.82) is 0 Å². The lowest BCUT2D eigenvalue weighted by atomic mass is 9.92. The molecule has 23 heavy (non-hydrogen) atoms. The average Bonchev–Trinajstić information content (AvgIpc) is 2.58. The molecule has 0 saturated carbocycles. The van der Waals surface area contributed by atoms with E-state index in [-0.39, 0.29) is 23.8 Å². The molecule has 2 unspecified atom stereocenters. The molecule has 0 bridgehead atoms. The summed E-state index contributed by atoms with van der Waals surface area (Å²) in [6.45, 7) is 5.88. The van der Waals surface area contributed by atoms with Crippen molar-refractivity contribution in [3.05, 3.63) is 0 Å². The quantitative estimate of drug-likeness (QED) is 0.663. The van der Waals surface area contributed by atoms with Gasteiger partial charge in [-0.25, -0.2) is 0 Å². The number of hydrogen-bond donors (Lipinski definition) is 3. The van der Waals surface area contributed by atoms with Crippen LogP contribution >= 0.6 is 0 Å². The third-order valence-electron chi connectivity index (χ3n) is 4.97. The van der Waals surface area contributed by atoms with Gasteiger partial charge in [-0.2, -0.15) is 0 Å². The Labute approximate surface area is 139 Å². The molecule has 0 aromatic rings. The molecule has 132 valence electrons. The van der Waals surface area contributed by atoms with Gasteiger partial charge in [-0.3, -0.25) is 9.59 Å². The second kappa shape index (κ2) is 9.23. The molecule has 0 radical (unpaired) electrons. The fraction of sp³-hybridized carbons (Fsp3) is 0.882. The van der Waals surface area contributed by atoms with Crippen LogP contribution in [0.1, 0.15) is 45.4 Å². The van der Waals surface area contributed by atoms with E-state index in [1.807, 2.05) is 11.8 Å². The summed E-state index contributed by atoms with van der Waals surface area (Å²) >= 11 is 0. The molecule has 2 heterocycles. The first kappa shape index (κ1) is 18.2. The number of nitrogens with zero attached hydrogens (tertiary/aromatic N) is 1. The van der Waals surface area contributed by atoms with Gasteiger partial charge >= 0.3 is 0 Å². The van der Waals surface area contributed by atoms with E-state index in [1.54, 1.807) is 0 Å². The molecule has 0 aromatic carbocycles. The average molecular weight is 324 g/mol. The van der Waals surface area contributed by atoms with Crippen molar-refractivity contribution in [2.75, 3.05) is 32.7 Å². The Morgan fingerprint density at radius 3 is 2.74 bits per heavy atom. The molecular formula is C17H32N4O2. The maximum atomic E-state index is 12.4. The van der Waals surface area contributed by atoms with Crippen LogP contribution in [-0.4, -0.2) is 55.5 Å². The van der Waals surface area contributed by atoms with Crippen molar-refractivity contribution in [2.45, 2.75) is 51.5 Å². The second-order valence-electron chi connectivity index (χ2n) is 7.13. The van der Waals surface area contributed by atoms with Gasteiger partial charge in [-0.1, -0.05) is 0 Å². The Bertz CT molecular complexity index is 394. The summed E-state index contributed by atoms with van der Waals surface area (Å²) in [5.74, 6) is 0.854. The topological polar surface area (TPSA) is 87.5 Å². The molecule has 0 aromatic heterocycles. The molecule has 2 rings (SSSR count). The molecule has 2 saturated heterocycles. The summed E-state index contributed by atoms with van der Waals surface area (Å²) in [5, 5.41) is 6.24. The number of nitrogens with one attached hydrogen (secondary N) is 2. The predicted octanol–water partition coefficient (Wildman–Crippen LogP) is 0.468. The predicted molar refractivity (Wildman–Crippen MR) is 90.8 cm³/mol. The Morgan fingerprint density at radius 1 is 1.30 bits per heavy atom. The van der Waals surface area contributed by atoms with E-state index in [0.717, 1.165) is 38.9 Å². The van der Waals surface area contributed by atoms with Gasteiger partial charge in [0.15, 0.2) is 0 Å². The minimum atomic E-state index is -0.0784. The maximum Gasteiger partial charge on any atom is 0.224 e. The van der Waals surface area contributed by atoms with E-state index in [4.69, 9.17) is 5.73 Å². The summed E-state index contributed by atoms with van der Waals surface area (Å²) < 4.78 is 0. The smallest absolute Gasteiger partial charge is 0.224 e. The summed E-state index contributed by atoms with van der Waals surface area (Å²) in [6.07, 6.45) is 5.74. The Balaban J connectivity index is 1.73. The highest BCUT2D eigenvalue weighted by molar-refractivity contribution is 5.81. The maximum absolute atomic E-state index is 12.4. The summed E-state index contributed by atoms with van der Waals surface area (Å²) in [6, 6.07) is -0.0368. The zero-order valence-corrected chi connectivity index (χ0v) is 14.4. The van der Waals surface area contributed by atoms with E-state index in [2.05, 4.69) is 10.6 Å². The van der Waals surface area contributed by atoms with Crippen molar-refractivity contribution in [1.82, 2.24) is 15.5 Å². The second-order valence-corrected chi connectivity index (χ2v) is 7.13. The highest BCUT2D eigenvalue weighted by atomic mass is 16.2. The minimum absolute atomic E-state index is 0.0368. The summed E-state index contributed by atoms with van der Waals surface area (Å²) in [4.78, 5) is 26.5. The highest BCUT2D eigenvalue weighted by Gasteiger charge is 2.28. The standard InChI is InChI=1S/C17H32N4O2/c1-13(18)11-20-17(23)15-3-2-10-21(12-15)16(22)5-4-14-6-8-19-9-7-14/h13-15,19H,2-12,18H2,1H3,(H,20,23). The van der Waals surface area contributed by atoms with Crippen LogP contribution in [0.3, 0.4) is 0 Å². The molecular weight excluding hydrogens is 292 g/mol. The number of piperidine rings is 2. The van der Waals surface area contributed by atoms with Crippen LogP contribution in [0, 0.1) is 11.8 Å². The molecule has 0 spiro atoms. The Morgan fingerprint density at radius 2 is 2.04 bits per heavy atom. The van der Waals surface area contributed by atoms with Crippen molar-refractivity contribution in [3.8, 4) is 0 Å². The molecule has 2 fully saturated rings. The lowest BCUT2D eigenvalue weighted by molar-refractivity contribution is -0.136. The fourth-order valence-corrected chi connectivity index (χ4v) is 3.48. The van der Waals surface area contributed by atoms with Crippen LogP contribution < -0.4 is 16.4 Å². The molecule has 2 atom stereocenters. The lowest BCUT2D eigenvalue weighted by Crippen LogP contribution is -2.47. The van der Waals surface area contributed by atoms with Gasteiger partial charge < -0.3 is 21.3 Å². The van der Waals surface area contributed by atoms with Crippen LogP contribution in [0.25, 0.3) is 0 Å². The molecule has 2 aliphatic heterocycles. The molecule has 0 aliphatic carbocycles. The normalized spacial score (nSPS) is 24.3. The van der Waals surface area contributed by atoms with E-state index in [0.29, 0.717) is 25.4 Å². The van der Waals surface area contributed by atoms with Crippen molar-refractivity contribution in [3.63, 3.8) is 0 Å².